The maximum atomic E-state index is 11.2. The second-order valence-electron chi connectivity index (χ2n) is 8.77. The number of hydrogen-bond acceptors (Lipinski definition) is 9. The molecule has 37 heavy (non-hydrogen) atoms. The van der Waals surface area contributed by atoms with E-state index in [1.807, 2.05) is 36.0 Å². The zero-order valence-corrected chi connectivity index (χ0v) is 20.4. The Labute approximate surface area is 212 Å². The summed E-state index contributed by atoms with van der Waals surface area (Å²) in [6.07, 6.45) is 5.62. The molecular weight excluding hydrogens is 474 g/mol. The van der Waals surface area contributed by atoms with Crippen LogP contribution >= 0.6 is 0 Å². The highest BCUT2D eigenvalue weighted by atomic mass is 16.6. The second-order valence-corrected chi connectivity index (χ2v) is 8.77. The highest BCUT2D eigenvalue weighted by molar-refractivity contribution is 5.97. The Balaban J connectivity index is 1.49. The van der Waals surface area contributed by atoms with Crippen molar-refractivity contribution in [2.24, 2.45) is 7.05 Å². The Kier molecular flexibility index (Phi) is 6.57. The number of nitrogens with zero attached hydrogens (tertiary/aromatic N) is 5. The van der Waals surface area contributed by atoms with Crippen molar-refractivity contribution in [3.8, 4) is 28.8 Å². The Hall–Kier alpha value is -4.69. The van der Waals surface area contributed by atoms with E-state index in [4.69, 9.17) is 9.47 Å². The highest BCUT2D eigenvalue weighted by Crippen LogP contribution is 2.35. The van der Waals surface area contributed by atoms with Gasteiger partial charge in [0.15, 0.2) is 0 Å². The van der Waals surface area contributed by atoms with Gasteiger partial charge in [-0.1, -0.05) is 0 Å². The van der Waals surface area contributed by atoms with Crippen LogP contribution in [0.4, 0.5) is 17.3 Å². The molecule has 1 saturated heterocycles. The number of aromatic nitrogens is 3. The van der Waals surface area contributed by atoms with Gasteiger partial charge >= 0.3 is 0 Å². The standard InChI is InChI=1S/C26H25N7O4/c1-32-14-21(20-7-6-19(11-23(20)32)37-15-17-4-3-9-28-17)25-16(12-27)13-29-26(31-25)30-22-10-18(33(34)35)5-8-24(22)36-2/h5-8,10-11,13-14,17,28H,3-4,9,15H2,1-2H3,(H,29,30,31). The molecule has 1 aliphatic heterocycles. The number of nitro benzene ring substituents is 1. The maximum Gasteiger partial charge on any atom is 0.271 e. The fourth-order valence-electron chi connectivity index (χ4n) is 4.49. The molecular formula is C26H25N7O4. The molecule has 4 aromatic rings. The number of nitriles is 1. The largest absolute Gasteiger partial charge is 0.495 e. The molecule has 2 aromatic carbocycles. The summed E-state index contributed by atoms with van der Waals surface area (Å²) in [5.74, 6) is 1.34. The van der Waals surface area contributed by atoms with E-state index in [1.54, 1.807) is 0 Å². The van der Waals surface area contributed by atoms with Crippen molar-refractivity contribution in [3.63, 3.8) is 0 Å². The summed E-state index contributed by atoms with van der Waals surface area (Å²) in [7, 11) is 3.39. The van der Waals surface area contributed by atoms with E-state index in [-0.39, 0.29) is 11.6 Å². The smallest absolute Gasteiger partial charge is 0.271 e. The van der Waals surface area contributed by atoms with Gasteiger partial charge in [-0.05, 0) is 37.6 Å². The molecule has 3 heterocycles. The van der Waals surface area contributed by atoms with Crippen LogP contribution in [0, 0.1) is 21.4 Å². The van der Waals surface area contributed by atoms with Crippen LogP contribution in [0.15, 0.2) is 48.8 Å². The average Bonchev–Trinajstić information content (AvgIpc) is 3.55. The van der Waals surface area contributed by atoms with Crippen molar-refractivity contribution in [1.29, 1.82) is 5.26 Å². The van der Waals surface area contributed by atoms with E-state index in [1.165, 1.54) is 37.9 Å². The number of anilines is 2. The van der Waals surface area contributed by atoms with Gasteiger partial charge in [0.05, 0.1) is 40.7 Å². The SMILES string of the molecule is COc1ccc([N+](=O)[O-])cc1Nc1ncc(C#N)c(-c2cn(C)c3cc(OCC4CCCN4)ccc23)n1. The molecule has 0 spiro atoms. The molecule has 1 atom stereocenters. The number of non-ortho nitro benzene ring substituents is 1. The lowest BCUT2D eigenvalue weighted by Crippen LogP contribution is -2.28. The maximum absolute atomic E-state index is 11.2. The molecule has 0 bridgehead atoms. The van der Waals surface area contributed by atoms with Crippen LogP contribution in [0.2, 0.25) is 0 Å². The zero-order valence-electron chi connectivity index (χ0n) is 20.4. The predicted octanol–water partition coefficient (Wildman–Crippen LogP) is 4.30. The fourth-order valence-corrected chi connectivity index (χ4v) is 4.49. The van der Waals surface area contributed by atoms with Crippen molar-refractivity contribution in [1.82, 2.24) is 19.9 Å². The van der Waals surface area contributed by atoms with Crippen LogP contribution in [-0.4, -0.2) is 45.8 Å². The molecule has 5 rings (SSSR count). The van der Waals surface area contributed by atoms with Crippen molar-refractivity contribution in [2.75, 3.05) is 25.6 Å². The number of rotatable bonds is 8. The van der Waals surface area contributed by atoms with E-state index < -0.39 is 4.92 Å². The first-order valence-electron chi connectivity index (χ1n) is 11.8. The van der Waals surface area contributed by atoms with E-state index in [0.29, 0.717) is 35.3 Å². The molecule has 11 nitrogen and oxygen atoms in total. The number of nitro groups is 1. The quantitative estimate of drug-likeness (QED) is 0.268. The van der Waals surface area contributed by atoms with E-state index in [2.05, 4.69) is 26.7 Å². The van der Waals surface area contributed by atoms with Crippen LogP contribution in [0.1, 0.15) is 18.4 Å². The molecule has 0 radical (unpaired) electrons. The van der Waals surface area contributed by atoms with E-state index in [9.17, 15) is 15.4 Å². The Morgan fingerprint density at radius 2 is 2.19 bits per heavy atom. The number of benzene rings is 2. The topological polar surface area (TPSA) is 140 Å². The minimum absolute atomic E-state index is 0.104. The summed E-state index contributed by atoms with van der Waals surface area (Å²) in [6.45, 7) is 1.64. The summed E-state index contributed by atoms with van der Waals surface area (Å²) in [5, 5.41) is 28.3. The summed E-state index contributed by atoms with van der Waals surface area (Å²) in [5.41, 5.74) is 2.67. The Morgan fingerprint density at radius 3 is 2.92 bits per heavy atom. The van der Waals surface area contributed by atoms with Gasteiger partial charge in [-0.15, -0.1) is 0 Å². The average molecular weight is 500 g/mol. The number of aryl methyl sites for hydroxylation is 1. The van der Waals surface area contributed by atoms with Crippen molar-refractivity contribution < 1.29 is 14.4 Å². The van der Waals surface area contributed by atoms with E-state index in [0.717, 1.165) is 35.2 Å². The minimum Gasteiger partial charge on any atom is -0.495 e. The van der Waals surface area contributed by atoms with Gasteiger partial charge in [0.25, 0.3) is 5.69 Å². The molecule has 2 aromatic heterocycles. The molecule has 2 N–H and O–H groups in total. The van der Waals surface area contributed by atoms with Crippen LogP contribution < -0.4 is 20.1 Å². The lowest BCUT2D eigenvalue weighted by molar-refractivity contribution is -0.384. The number of ether oxygens (including phenoxy) is 2. The molecule has 0 aliphatic carbocycles. The van der Waals surface area contributed by atoms with Gasteiger partial charge in [0, 0.05) is 48.4 Å². The minimum atomic E-state index is -0.492. The molecule has 1 aliphatic rings. The van der Waals surface area contributed by atoms with Crippen LogP contribution in [0.3, 0.4) is 0 Å². The third-order valence-corrected chi connectivity index (χ3v) is 6.38. The first kappa shape index (κ1) is 24.0. The molecule has 188 valence electrons. The van der Waals surface area contributed by atoms with Crippen molar-refractivity contribution >= 4 is 28.2 Å². The monoisotopic (exact) mass is 499 g/mol. The van der Waals surface area contributed by atoms with Crippen molar-refractivity contribution in [3.05, 3.63) is 64.5 Å². The number of nitrogens with one attached hydrogen (secondary N) is 2. The second kappa shape index (κ2) is 10.1. The zero-order chi connectivity index (χ0) is 25.9. The van der Waals surface area contributed by atoms with E-state index >= 15 is 0 Å². The van der Waals surface area contributed by atoms with Crippen LogP contribution in [0.25, 0.3) is 22.2 Å². The number of fused-ring (bicyclic) bond motifs is 1. The predicted molar refractivity (Wildman–Crippen MR) is 138 cm³/mol. The van der Waals surface area contributed by atoms with Gasteiger partial charge in [0.2, 0.25) is 5.95 Å². The lowest BCUT2D eigenvalue weighted by atomic mass is 10.1. The Morgan fingerprint density at radius 1 is 1.32 bits per heavy atom. The molecule has 0 amide bonds. The van der Waals surface area contributed by atoms with Gasteiger partial charge in [0.1, 0.15) is 24.2 Å². The molecule has 1 unspecified atom stereocenters. The van der Waals surface area contributed by atoms with Gasteiger partial charge in [-0.25, -0.2) is 9.97 Å². The summed E-state index contributed by atoms with van der Waals surface area (Å²) in [6, 6.07) is 12.6. The first-order valence-corrected chi connectivity index (χ1v) is 11.8. The number of methoxy groups -OCH3 is 1. The molecule has 0 saturated carbocycles. The number of hydrogen-bond donors (Lipinski definition) is 2. The van der Waals surface area contributed by atoms with Gasteiger partial charge in [-0.3, -0.25) is 10.1 Å². The first-order chi connectivity index (χ1) is 18.0. The van der Waals surface area contributed by atoms with Crippen molar-refractivity contribution in [2.45, 2.75) is 18.9 Å². The molecule has 11 heteroatoms. The summed E-state index contributed by atoms with van der Waals surface area (Å²) < 4.78 is 13.3. The highest BCUT2D eigenvalue weighted by Gasteiger charge is 2.19. The fraction of sp³-hybridized carbons (Fsp3) is 0.269. The lowest BCUT2D eigenvalue weighted by Gasteiger charge is -2.12. The summed E-state index contributed by atoms with van der Waals surface area (Å²) >= 11 is 0. The normalized spacial score (nSPS) is 14.9. The van der Waals surface area contributed by atoms with Gasteiger partial charge < -0.3 is 24.7 Å². The van der Waals surface area contributed by atoms with Crippen LogP contribution in [0.5, 0.6) is 11.5 Å². The third kappa shape index (κ3) is 4.87. The summed E-state index contributed by atoms with van der Waals surface area (Å²) in [4.78, 5) is 19.6. The third-order valence-electron chi connectivity index (χ3n) is 6.38. The van der Waals surface area contributed by atoms with Crippen LogP contribution in [-0.2, 0) is 7.05 Å². The Bertz CT molecular complexity index is 1520. The van der Waals surface area contributed by atoms with Gasteiger partial charge in [-0.2, -0.15) is 5.26 Å². The molecule has 1 fully saturated rings.